The molecule has 2 aromatic rings. The average molecular weight is 795 g/mol. The maximum atomic E-state index is 14.3. The van der Waals surface area contributed by atoms with E-state index in [1.807, 2.05) is 65.8 Å². The first kappa shape index (κ1) is 45.2. The summed E-state index contributed by atoms with van der Waals surface area (Å²) in [4.78, 5) is 87.7. The molecule has 6 amide bonds. The zero-order valence-corrected chi connectivity index (χ0v) is 35.4. The molecule has 0 radical (unpaired) electrons. The number of carbonyl (C=O) groups is 6. The van der Waals surface area contributed by atoms with Gasteiger partial charge in [-0.3, -0.25) is 34.1 Å². The second kappa shape index (κ2) is 19.8. The Hall–Kier alpha value is -4.50. The Kier molecular flexibility index (Phi) is 15.7. The van der Waals surface area contributed by atoms with Crippen molar-refractivity contribution in [2.45, 2.75) is 150 Å². The molecule has 316 valence electrons. The van der Waals surface area contributed by atoms with E-state index in [4.69, 9.17) is 4.74 Å². The van der Waals surface area contributed by atoms with Crippen LogP contribution in [0, 0.1) is 29.6 Å². The van der Waals surface area contributed by atoms with E-state index in [1.165, 1.54) is 0 Å². The number of amides is 6. The monoisotopic (exact) mass is 795 g/mol. The summed E-state index contributed by atoms with van der Waals surface area (Å²) in [6.07, 6.45) is 1.24. The third kappa shape index (κ3) is 11.8. The molecule has 2 bridgehead atoms. The number of benzene rings is 1. The van der Waals surface area contributed by atoms with Gasteiger partial charge in [0.2, 0.25) is 35.4 Å². The van der Waals surface area contributed by atoms with E-state index in [-0.39, 0.29) is 42.4 Å². The maximum absolute atomic E-state index is 14.3. The van der Waals surface area contributed by atoms with Crippen molar-refractivity contribution in [2.24, 2.45) is 29.6 Å². The summed E-state index contributed by atoms with van der Waals surface area (Å²) in [5.41, 5.74) is 1.63. The number of aromatic nitrogens is 1. The molecule has 9 unspecified atom stereocenters. The molecule has 2 fully saturated rings. The minimum absolute atomic E-state index is 0.0350. The average Bonchev–Trinajstić information content (AvgIpc) is 3.72. The van der Waals surface area contributed by atoms with Crippen LogP contribution in [0.2, 0.25) is 0 Å². The molecule has 3 heterocycles. The Morgan fingerprint density at radius 3 is 1.65 bits per heavy atom. The van der Waals surface area contributed by atoms with Gasteiger partial charge in [-0.1, -0.05) is 87.4 Å². The lowest BCUT2D eigenvalue weighted by atomic mass is 9.97. The Bertz CT molecular complexity index is 1740. The molecule has 0 spiro atoms. The number of hydrogen-bond donors (Lipinski definition) is 8. The summed E-state index contributed by atoms with van der Waals surface area (Å²) in [5.74, 6) is -4.18. The summed E-state index contributed by atoms with van der Waals surface area (Å²) < 4.78 is 6.25. The molecule has 4 rings (SSSR count). The molecule has 15 heteroatoms. The number of hydrogen-bond acceptors (Lipinski definition) is 8. The molecule has 1 aromatic heterocycles. The van der Waals surface area contributed by atoms with Gasteiger partial charge in [-0.05, 0) is 61.0 Å². The number of fused-ring (bicyclic) bond motifs is 3. The Morgan fingerprint density at radius 1 is 0.579 bits per heavy atom. The highest BCUT2D eigenvalue weighted by atomic mass is 16.5. The number of ether oxygens (including phenoxy) is 1. The highest BCUT2D eigenvalue weighted by Crippen LogP contribution is 2.22. The first-order chi connectivity index (χ1) is 26.8. The van der Waals surface area contributed by atoms with Crippen molar-refractivity contribution < 1.29 is 33.5 Å². The van der Waals surface area contributed by atoms with Gasteiger partial charge in [0.05, 0.1) is 12.1 Å². The maximum Gasteiger partial charge on any atom is 0.243 e. The summed E-state index contributed by atoms with van der Waals surface area (Å²) in [6, 6.07) is 0.930. The molecule has 8 N–H and O–H groups in total. The lowest BCUT2D eigenvalue weighted by Crippen LogP contribution is -2.61. The Labute approximate surface area is 337 Å². The van der Waals surface area contributed by atoms with Gasteiger partial charge < -0.3 is 41.6 Å². The predicted octanol–water partition coefficient (Wildman–Crippen LogP) is 2.40. The van der Waals surface area contributed by atoms with Crippen molar-refractivity contribution >= 4 is 46.3 Å². The van der Waals surface area contributed by atoms with E-state index >= 15 is 0 Å². The van der Waals surface area contributed by atoms with Gasteiger partial charge in [0, 0.05) is 23.5 Å². The van der Waals surface area contributed by atoms with Crippen LogP contribution < -0.4 is 37.2 Å². The zero-order valence-electron chi connectivity index (χ0n) is 35.4. The van der Waals surface area contributed by atoms with Gasteiger partial charge in [-0.25, -0.2) is 0 Å². The van der Waals surface area contributed by atoms with E-state index in [0.717, 1.165) is 16.5 Å². The SMILES string of the molecule is CC(C)CC1NC(=O)C(Cc2c[nH]c3ccccc23)NC(=O)C(C(C)C)NC(=O)C2NC(OC2C)C(CC(C)C)NC(=O)C(C(C)C)NC(=O)C(C(C)C)NC1=O. The van der Waals surface area contributed by atoms with Crippen molar-refractivity contribution in [3.05, 3.63) is 36.0 Å². The summed E-state index contributed by atoms with van der Waals surface area (Å²) in [6.45, 7) is 20.4. The minimum Gasteiger partial charge on any atom is -0.361 e. The van der Waals surface area contributed by atoms with Crippen LogP contribution in [0.5, 0.6) is 0 Å². The van der Waals surface area contributed by atoms with E-state index in [0.29, 0.717) is 6.42 Å². The highest BCUT2D eigenvalue weighted by Gasteiger charge is 2.43. The molecule has 15 nitrogen and oxygen atoms in total. The molecule has 2 aliphatic rings. The topological polar surface area (TPSA) is 212 Å². The van der Waals surface area contributed by atoms with Gasteiger partial charge in [0.1, 0.15) is 42.5 Å². The third-order valence-electron chi connectivity index (χ3n) is 10.7. The van der Waals surface area contributed by atoms with Gasteiger partial charge in [-0.15, -0.1) is 0 Å². The lowest BCUT2D eigenvalue weighted by molar-refractivity contribution is -0.136. The Morgan fingerprint density at radius 2 is 1.07 bits per heavy atom. The van der Waals surface area contributed by atoms with E-state index in [1.54, 1.807) is 40.8 Å². The number of carbonyl (C=O) groups excluding carboxylic acids is 6. The smallest absolute Gasteiger partial charge is 0.243 e. The van der Waals surface area contributed by atoms with Crippen molar-refractivity contribution in [1.82, 2.24) is 42.2 Å². The van der Waals surface area contributed by atoms with Crippen LogP contribution >= 0.6 is 0 Å². The van der Waals surface area contributed by atoms with Crippen LogP contribution in [0.25, 0.3) is 10.9 Å². The van der Waals surface area contributed by atoms with Crippen LogP contribution in [-0.2, 0) is 39.9 Å². The molecule has 9 atom stereocenters. The normalized spacial score (nSPS) is 28.9. The first-order valence-electron chi connectivity index (χ1n) is 20.6. The van der Waals surface area contributed by atoms with Crippen LogP contribution in [0.15, 0.2) is 30.5 Å². The molecule has 0 saturated carbocycles. The lowest BCUT2D eigenvalue weighted by Gasteiger charge is -2.31. The molecular weight excluding hydrogens is 729 g/mol. The van der Waals surface area contributed by atoms with Crippen molar-refractivity contribution in [2.75, 3.05) is 0 Å². The molecule has 2 saturated heterocycles. The van der Waals surface area contributed by atoms with E-state index < -0.39 is 90.1 Å². The Balaban J connectivity index is 1.78. The number of nitrogens with one attached hydrogen (secondary N) is 8. The fourth-order valence-electron chi connectivity index (χ4n) is 7.51. The van der Waals surface area contributed by atoms with E-state index in [9.17, 15) is 28.8 Å². The van der Waals surface area contributed by atoms with Gasteiger partial charge >= 0.3 is 0 Å². The number of rotatable bonds is 9. The van der Waals surface area contributed by atoms with Crippen LogP contribution in [0.3, 0.4) is 0 Å². The fraction of sp³-hybridized carbons (Fsp3) is 0.667. The molecule has 1 aromatic carbocycles. The first-order valence-corrected chi connectivity index (χ1v) is 20.6. The van der Waals surface area contributed by atoms with Gasteiger partial charge in [0.25, 0.3) is 0 Å². The molecule has 2 aliphatic heterocycles. The zero-order chi connectivity index (χ0) is 42.3. The largest absolute Gasteiger partial charge is 0.361 e. The number of para-hydroxylation sites is 1. The van der Waals surface area contributed by atoms with E-state index in [2.05, 4.69) is 42.2 Å². The van der Waals surface area contributed by atoms with Gasteiger partial charge in [-0.2, -0.15) is 0 Å². The van der Waals surface area contributed by atoms with Gasteiger partial charge in [0.15, 0.2) is 0 Å². The van der Waals surface area contributed by atoms with Crippen molar-refractivity contribution in [3.63, 3.8) is 0 Å². The summed E-state index contributed by atoms with van der Waals surface area (Å²) in [5, 5.41) is 21.6. The van der Waals surface area contributed by atoms with Crippen molar-refractivity contribution in [1.29, 1.82) is 0 Å². The third-order valence-corrected chi connectivity index (χ3v) is 10.7. The molecule has 0 aliphatic carbocycles. The highest BCUT2D eigenvalue weighted by molar-refractivity contribution is 5.97. The predicted molar refractivity (Wildman–Crippen MR) is 218 cm³/mol. The van der Waals surface area contributed by atoms with Crippen LogP contribution in [0.4, 0.5) is 0 Å². The fourth-order valence-corrected chi connectivity index (χ4v) is 7.51. The second-order valence-electron chi connectivity index (χ2n) is 17.7. The number of H-pyrrole nitrogens is 1. The minimum atomic E-state index is -1.15. The number of aromatic amines is 1. The second-order valence-corrected chi connectivity index (χ2v) is 17.7. The molecule has 57 heavy (non-hydrogen) atoms. The quantitative estimate of drug-likeness (QED) is 0.189. The summed E-state index contributed by atoms with van der Waals surface area (Å²) in [7, 11) is 0. The van der Waals surface area contributed by atoms with Crippen molar-refractivity contribution in [3.8, 4) is 0 Å². The standard InChI is InChI=1S/C42H66N8O7/c1-20(2)16-29-37(52)47-34(24(9)10)40(55)48-33(23(7)8)39(54)46-31(17-21(3)4)42-50-35(25(11)57-42)41(56)49-32(22(5)6)38(53)45-30(36(51)44-29)18-26-19-43-28-15-13-12-14-27(26)28/h12-15,19-25,29-35,42-43,50H,16-18H2,1-11H3,(H,44,51)(H,45,53)(H,46,54)(H,47,52)(H,48,55)(H,49,56). The molecular formula is C42H66N8O7. The van der Waals surface area contributed by atoms with Crippen LogP contribution in [-0.4, -0.2) is 95.1 Å². The summed E-state index contributed by atoms with van der Waals surface area (Å²) >= 11 is 0. The van der Waals surface area contributed by atoms with Crippen LogP contribution in [0.1, 0.15) is 94.6 Å².